The van der Waals surface area contributed by atoms with Gasteiger partial charge in [0.25, 0.3) is 5.91 Å². The van der Waals surface area contributed by atoms with Gasteiger partial charge in [-0.1, -0.05) is 0 Å². The predicted molar refractivity (Wildman–Crippen MR) is 124 cm³/mol. The maximum Gasteiger partial charge on any atom is 0.253 e. The standard InChI is InChI=1S/C23H32N4O5S/c1-3-26(4-2)22(28)18-25-12-6-13-27(15-14-25)23(29)19-8-10-21(11-9-19)33(30,31)24-17-20-7-5-16-32-20/h5,7-11,16,24H,3-4,6,12-15,17-18H2,1-2H3. The summed E-state index contributed by atoms with van der Waals surface area (Å²) in [5, 5.41) is 0. The van der Waals surface area contributed by atoms with E-state index in [1.807, 2.05) is 18.7 Å². The predicted octanol–water partition coefficient (Wildman–Crippen LogP) is 1.77. The number of rotatable bonds is 9. The van der Waals surface area contributed by atoms with Crippen molar-refractivity contribution in [3.8, 4) is 0 Å². The molecule has 0 unspecified atom stereocenters. The van der Waals surface area contributed by atoms with E-state index >= 15 is 0 Å². The Kier molecular flexibility index (Phi) is 8.65. The molecule has 1 aliphatic rings. The van der Waals surface area contributed by atoms with Crippen LogP contribution in [-0.2, 0) is 21.4 Å². The third-order valence-electron chi connectivity index (χ3n) is 5.78. The van der Waals surface area contributed by atoms with Gasteiger partial charge in [-0.3, -0.25) is 14.5 Å². The topological polar surface area (TPSA) is 103 Å². The van der Waals surface area contributed by atoms with E-state index in [9.17, 15) is 18.0 Å². The fourth-order valence-electron chi connectivity index (χ4n) is 3.82. The second-order valence-corrected chi connectivity index (χ2v) is 9.68. The first-order chi connectivity index (χ1) is 15.8. The zero-order valence-electron chi connectivity index (χ0n) is 19.2. The van der Waals surface area contributed by atoms with Crippen LogP contribution in [0.3, 0.4) is 0 Å². The Bertz CT molecular complexity index is 1020. The van der Waals surface area contributed by atoms with Crippen molar-refractivity contribution in [2.24, 2.45) is 0 Å². The molecule has 1 fully saturated rings. The third kappa shape index (κ3) is 6.66. The zero-order valence-corrected chi connectivity index (χ0v) is 20.0. The summed E-state index contributed by atoms with van der Waals surface area (Å²) in [7, 11) is -3.72. The van der Waals surface area contributed by atoms with Crippen molar-refractivity contribution in [3.63, 3.8) is 0 Å². The molecule has 2 amide bonds. The van der Waals surface area contributed by atoms with E-state index < -0.39 is 10.0 Å². The van der Waals surface area contributed by atoms with Crippen molar-refractivity contribution in [1.82, 2.24) is 19.4 Å². The monoisotopic (exact) mass is 476 g/mol. The molecule has 2 aromatic rings. The van der Waals surface area contributed by atoms with Gasteiger partial charge in [-0.25, -0.2) is 13.1 Å². The van der Waals surface area contributed by atoms with Crippen molar-refractivity contribution in [1.29, 1.82) is 0 Å². The quantitative estimate of drug-likeness (QED) is 0.592. The van der Waals surface area contributed by atoms with Crippen LogP contribution in [0.5, 0.6) is 0 Å². The summed E-state index contributed by atoms with van der Waals surface area (Å²) in [6.45, 7) is 8.24. The first-order valence-electron chi connectivity index (χ1n) is 11.3. The molecule has 1 N–H and O–H groups in total. The molecule has 1 aliphatic heterocycles. The molecule has 0 aliphatic carbocycles. The Morgan fingerprint density at radius 3 is 2.39 bits per heavy atom. The number of sulfonamides is 1. The molecule has 1 saturated heterocycles. The lowest BCUT2D eigenvalue weighted by Gasteiger charge is -2.25. The van der Waals surface area contributed by atoms with Gasteiger partial charge in [0.15, 0.2) is 0 Å². The molecule has 1 aromatic carbocycles. The number of hydrogen-bond acceptors (Lipinski definition) is 6. The Morgan fingerprint density at radius 1 is 1.03 bits per heavy atom. The highest BCUT2D eigenvalue weighted by Crippen LogP contribution is 2.15. The van der Waals surface area contributed by atoms with Crippen LogP contribution in [0, 0.1) is 0 Å². The lowest BCUT2D eigenvalue weighted by atomic mass is 10.2. The highest BCUT2D eigenvalue weighted by molar-refractivity contribution is 7.89. The van der Waals surface area contributed by atoms with E-state index in [1.54, 1.807) is 17.0 Å². The minimum Gasteiger partial charge on any atom is -0.468 e. The van der Waals surface area contributed by atoms with Crippen LogP contribution in [0.15, 0.2) is 52.0 Å². The van der Waals surface area contributed by atoms with Crippen molar-refractivity contribution in [3.05, 3.63) is 54.0 Å². The molecule has 33 heavy (non-hydrogen) atoms. The highest BCUT2D eigenvalue weighted by atomic mass is 32.2. The molecular formula is C23H32N4O5S. The van der Waals surface area contributed by atoms with Crippen LogP contribution in [-0.4, -0.2) is 80.7 Å². The highest BCUT2D eigenvalue weighted by Gasteiger charge is 2.23. The van der Waals surface area contributed by atoms with Crippen molar-refractivity contribution in [2.75, 3.05) is 45.8 Å². The molecule has 3 rings (SSSR count). The molecule has 0 bridgehead atoms. The molecule has 10 heteroatoms. The third-order valence-corrected chi connectivity index (χ3v) is 7.20. The lowest BCUT2D eigenvalue weighted by molar-refractivity contribution is -0.132. The van der Waals surface area contributed by atoms with Gasteiger partial charge in [-0.05, 0) is 56.7 Å². The maximum atomic E-state index is 13.0. The molecule has 0 spiro atoms. The van der Waals surface area contributed by atoms with Crippen LogP contribution < -0.4 is 4.72 Å². The van der Waals surface area contributed by atoms with E-state index in [1.165, 1.54) is 30.5 Å². The Hall–Kier alpha value is -2.69. The SMILES string of the molecule is CCN(CC)C(=O)CN1CCCN(C(=O)c2ccc(S(=O)(=O)NCc3ccco3)cc2)CC1. The second kappa shape index (κ2) is 11.4. The number of carbonyl (C=O) groups is 2. The van der Waals surface area contributed by atoms with E-state index in [2.05, 4.69) is 9.62 Å². The van der Waals surface area contributed by atoms with Crippen molar-refractivity contribution < 1.29 is 22.4 Å². The van der Waals surface area contributed by atoms with Gasteiger partial charge in [0.1, 0.15) is 5.76 Å². The number of nitrogens with one attached hydrogen (secondary N) is 1. The normalized spacial score (nSPS) is 15.3. The number of likely N-dealkylation sites (N-methyl/N-ethyl adjacent to an activating group) is 1. The Morgan fingerprint density at radius 2 is 1.76 bits per heavy atom. The number of hydrogen-bond donors (Lipinski definition) is 1. The van der Waals surface area contributed by atoms with Gasteiger partial charge in [-0.15, -0.1) is 0 Å². The molecule has 180 valence electrons. The van der Waals surface area contributed by atoms with Crippen LogP contribution in [0.25, 0.3) is 0 Å². The minimum absolute atomic E-state index is 0.0526. The van der Waals surface area contributed by atoms with E-state index in [4.69, 9.17) is 4.42 Å². The van der Waals surface area contributed by atoms with Gasteiger partial charge in [0.05, 0.1) is 24.2 Å². The number of benzene rings is 1. The second-order valence-electron chi connectivity index (χ2n) is 7.92. The smallest absolute Gasteiger partial charge is 0.253 e. The summed E-state index contributed by atoms with van der Waals surface area (Å²) in [6.07, 6.45) is 2.26. The van der Waals surface area contributed by atoms with Crippen LogP contribution in [0.4, 0.5) is 0 Å². The fraction of sp³-hybridized carbons (Fsp3) is 0.478. The number of carbonyl (C=O) groups excluding carboxylic acids is 2. The average Bonchev–Trinajstić information content (AvgIpc) is 3.24. The summed E-state index contributed by atoms with van der Waals surface area (Å²) < 4.78 is 32.6. The summed E-state index contributed by atoms with van der Waals surface area (Å²) >= 11 is 0. The first kappa shape index (κ1) is 24.9. The lowest BCUT2D eigenvalue weighted by Crippen LogP contribution is -2.42. The minimum atomic E-state index is -3.72. The summed E-state index contributed by atoms with van der Waals surface area (Å²) in [5.74, 6) is 0.482. The van der Waals surface area contributed by atoms with Gasteiger partial charge >= 0.3 is 0 Å². The number of furan rings is 1. The molecule has 0 radical (unpaired) electrons. The molecular weight excluding hydrogens is 444 g/mol. The molecule has 2 heterocycles. The van der Waals surface area contributed by atoms with E-state index in [0.29, 0.717) is 50.6 Å². The number of nitrogens with zero attached hydrogens (tertiary/aromatic N) is 3. The van der Waals surface area contributed by atoms with Crippen LogP contribution in [0.1, 0.15) is 36.4 Å². The van der Waals surface area contributed by atoms with Crippen molar-refractivity contribution >= 4 is 21.8 Å². The molecule has 0 saturated carbocycles. The Balaban J connectivity index is 1.57. The van der Waals surface area contributed by atoms with E-state index in [0.717, 1.165) is 13.0 Å². The first-order valence-corrected chi connectivity index (χ1v) is 12.7. The van der Waals surface area contributed by atoms with Crippen LogP contribution >= 0.6 is 0 Å². The molecule has 9 nitrogen and oxygen atoms in total. The van der Waals surface area contributed by atoms with Gasteiger partial charge in [-0.2, -0.15) is 0 Å². The summed E-state index contributed by atoms with van der Waals surface area (Å²) in [6, 6.07) is 9.32. The average molecular weight is 477 g/mol. The van der Waals surface area contributed by atoms with Gasteiger partial charge < -0.3 is 14.2 Å². The van der Waals surface area contributed by atoms with Gasteiger partial charge in [0.2, 0.25) is 15.9 Å². The summed E-state index contributed by atoms with van der Waals surface area (Å²) in [4.78, 5) is 31.1. The molecule has 0 atom stereocenters. The Labute approximate surface area is 195 Å². The fourth-order valence-corrected chi connectivity index (χ4v) is 4.81. The van der Waals surface area contributed by atoms with Crippen molar-refractivity contribution in [2.45, 2.75) is 31.7 Å². The number of amides is 2. The largest absolute Gasteiger partial charge is 0.468 e. The van der Waals surface area contributed by atoms with Crippen LogP contribution in [0.2, 0.25) is 0 Å². The molecule has 1 aromatic heterocycles. The van der Waals surface area contributed by atoms with Gasteiger partial charge in [0, 0.05) is 44.8 Å². The van der Waals surface area contributed by atoms with E-state index in [-0.39, 0.29) is 23.3 Å². The zero-order chi connectivity index (χ0) is 23.8. The maximum absolute atomic E-state index is 13.0. The summed E-state index contributed by atoms with van der Waals surface area (Å²) in [5.41, 5.74) is 0.438.